The SMILES string of the molecule is CCS(=O)(=O)Nc1ccc(Oc2ccc(F)cc2F)c(-c2cn(C)c(=O)c3sccc23)c1. The molecule has 0 amide bonds. The molecule has 2 aromatic carbocycles. The number of benzene rings is 2. The highest BCUT2D eigenvalue weighted by atomic mass is 32.2. The molecule has 2 heterocycles. The first-order valence-electron chi connectivity index (χ1n) is 9.53. The number of nitrogens with one attached hydrogen (secondary N) is 1. The number of thiophene rings is 1. The highest BCUT2D eigenvalue weighted by Gasteiger charge is 2.18. The van der Waals surface area contributed by atoms with Gasteiger partial charge in [-0.15, -0.1) is 11.3 Å². The van der Waals surface area contributed by atoms with Crippen LogP contribution in [0.2, 0.25) is 0 Å². The van der Waals surface area contributed by atoms with Gasteiger partial charge in [0.2, 0.25) is 10.0 Å². The summed E-state index contributed by atoms with van der Waals surface area (Å²) >= 11 is 1.28. The van der Waals surface area contributed by atoms with E-state index < -0.39 is 21.7 Å². The molecule has 6 nitrogen and oxygen atoms in total. The zero-order valence-corrected chi connectivity index (χ0v) is 18.7. The lowest BCUT2D eigenvalue weighted by atomic mass is 10.0. The second kappa shape index (κ2) is 8.36. The summed E-state index contributed by atoms with van der Waals surface area (Å²) in [6.07, 6.45) is 1.61. The Balaban J connectivity index is 1.93. The van der Waals surface area contributed by atoms with Crippen LogP contribution in [0, 0.1) is 11.6 Å². The number of rotatable bonds is 6. The van der Waals surface area contributed by atoms with Gasteiger partial charge in [0.15, 0.2) is 11.6 Å². The molecule has 2 aromatic heterocycles. The smallest absolute Gasteiger partial charge is 0.268 e. The molecular weight excluding hydrogens is 458 g/mol. The number of fused-ring (bicyclic) bond motifs is 1. The average Bonchev–Trinajstić information content (AvgIpc) is 3.24. The van der Waals surface area contributed by atoms with Crippen LogP contribution in [0.5, 0.6) is 11.5 Å². The van der Waals surface area contributed by atoms with E-state index in [1.807, 2.05) is 0 Å². The van der Waals surface area contributed by atoms with E-state index in [2.05, 4.69) is 4.72 Å². The van der Waals surface area contributed by atoms with Gasteiger partial charge in [-0.25, -0.2) is 17.2 Å². The number of ether oxygens (including phenoxy) is 1. The Morgan fingerprint density at radius 2 is 1.81 bits per heavy atom. The summed E-state index contributed by atoms with van der Waals surface area (Å²) in [4.78, 5) is 12.5. The fraction of sp³-hybridized carbons (Fsp3) is 0.136. The Hall–Kier alpha value is -3.24. The van der Waals surface area contributed by atoms with Crippen molar-refractivity contribution in [3.05, 3.63) is 76.0 Å². The lowest BCUT2D eigenvalue weighted by Gasteiger charge is -2.16. The third-order valence-electron chi connectivity index (χ3n) is 4.83. The van der Waals surface area contributed by atoms with Gasteiger partial charge in [-0.2, -0.15) is 0 Å². The van der Waals surface area contributed by atoms with E-state index in [1.54, 1.807) is 30.8 Å². The van der Waals surface area contributed by atoms with Crippen molar-refractivity contribution >= 4 is 37.1 Å². The Bertz CT molecular complexity index is 1490. The van der Waals surface area contributed by atoms with Gasteiger partial charge < -0.3 is 9.30 Å². The molecule has 0 aliphatic rings. The minimum Gasteiger partial charge on any atom is -0.454 e. The molecule has 0 bridgehead atoms. The summed E-state index contributed by atoms with van der Waals surface area (Å²) in [5.74, 6) is -1.72. The highest BCUT2D eigenvalue weighted by molar-refractivity contribution is 7.92. The summed E-state index contributed by atoms with van der Waals surface area (Å²) in [6, 6.07) is 9.27. The standard InChI is InChI=1S/C22H18F2N2O4S2/c1-3-32(28,29)25-14-5-7-19(30-20-6-4-13(23)10-18(20)24)16(11-14)17-12-26(2)22(27)21-15(17)8-9-31-21/h4-12,25H,3H2,1-2H3. The summed E-state index contributed by atoms with van der Waals surface area (Å²) in [5, 5.41) is 2.43. The maximum Gasteiger partial charge on any atom is 0.268 e. The number of nitrogens with zero attached hydrogens (tertiary/aromatic N) is 1. The maximum atomic E-state index is 14.2. The van der Waals surface area contributed by atoms with Crippen LogP contribution in [0.25, 0.3) is 21.2 Å². The first-order valence-corrected chi connectivity index (χ1v) is 12.1. The molecule has 1 N–H and O–H groups in total. The van der Waals surface area contributed by atoms with Gasteiger partial charge in [0, 0.05) is 41.5 Å². The normalized spacial score (nSPS) is 11.6. The molecule has 4 rings (SSSR count). The summed E-state index contributed by atoms with van der Waals surface area (Å²) < 4.78 is 61.8. The Kier molecular flexibility index (Phi) is 5.74. The van der Waals surface area contributed by atoms with Crippen molar-refractivity contribution in [1.82, 2.24) is 4.57 Å². The van der Waals surface area contributed by atoms with E-state index in [0.717, 1.165) is 6.07 Å². The fourth-order valence-electron chi connectivity index (χ4n) is 3.20. The molecule has 4 aromatic rings. The summed E-state index contributed by atoms with van der Waals surface area (Å²) in [5.41, 5.74) is 1.14. The highest BCUT2D eigenvalue weighted by Crippen LogP contribution is 2.40. The van der Waals surface area contributed by atoms with Gasteiger partial charge in [-0.05, 0) is 48.7 Å². The first-order chi connectivity index (χ1) is 15.2. The van der Waals surface area contributed by atoms with Gasteiger partial charge in [0.25, 0.3) is 5.56 Å². The van der Waals surface area contributed by atoms with Crippen LogP contribution in [-0.4, -0.2) is 18.7 Å². The average molecular weight is 477 g/mol. The molecule has 32 heavy (non-hydrogen) atoms. The molecule has 10 heteroatoms. The van der Waals surface area contributed by atoms with Crippen molar-refractivity contribution in [3.63, 3.8) is 0 Å². The topological polar surface area (TPSA) is 77.4 Å². The number of hydrogen-bond donors (Lipinski definition) is 1. The van der Waals surface area contributed by atoms with Crippen LogP contribution in [0.1, 0.15) is 6.92 Å². The van der Waals surface area contributed by atoms with Crippen molar-refractivity contribution in [2.45, 2.75) is 6.92 Å². The van der Waals surface area contributed by atoms with Crippen LogP contribution in [0.4, 0.5) is 14.5 Å². The first kappa shape index (κ1) is 22.0. The lowest BCUT2D eigenvalue weighted by molar-refractivity contribution is 0.439. The van der Waals surface area contributed by atoms with Crippen LogP contribution >= 0.6 is 11.3 Å². The molecule has 0 atom stereocenters. The van der Waals surface area contributed by atoms with E-state index in [0.29, 0.717) is 27.3 Å². The van der Waals surface area contributed by atoms with Gasteiger partial charge in [0.05, 0.1) is 5.75 Å². The van der Waals surface area contributed by atoms with E-state index in [9.17, 15) is 22.0 Å². The maximum absolute atomic E-state index is 14.2. The summed E-state index contributed by atoms with van der Waals surface area (Å²) in [6.45, 7) is 1.51. The minimum absolute atomic E-state index is 0.115. The number of sulfonamides is 1. The van der Waals surface area contributed by atoms with Crippen molar-refractivity contribution < 1.29 is 21.9 Å². The van der Waals surface area contributed by atoms with E-state index in [-0.39, 0.29) is 28.5 Å². The number of pyridine rings is 1. The third-order valence-corrected chi connectivity index (χ3v) is 7.04. The Morgan fingerprint density at radius 3 is 2.53 bits per heavy atom. The minimum atomic E-state index is -3.55. The van der Waals surface area contributed by atoms with Crippen molar-refractivity contribution in [1.29, 1.82) is 0 Å². The third kappa shape index (κ3) is 4.23. The van der Waals surface area contributed by atoms with Gasteiger partial charge >= 0.3 is 0 Å². The zero-order chi connectivity index (χ0) is 23.0. The van der Waals surface area contributed by atoms with Crippen molar-refractivity contribution in [3.8, 4) is 22.6 Å². The predicted molar refractivity (Wildman–Crippen MR) is 122 cm³/mol. The molecule has 0 unspecified atom stereocenters. The largest absolute Gasteiger partial charge is 0.454 e. The van der Waals surface area contributed by atoms with E-state index in [4.69, 9.17) is 4.74 Å². The monoisotopic (exact) mass is 476 g/mol. The van der Waals surface area contributed by atoms with Crippen molar-refractivity contribution in [2.75, 3.05) is 10.5 Å². The van der Waals surface area contributed by atoms with Crippen molar-refractivity contribution in [2.24, 2.45) is 7.05 Å². The molecule has 0 fully saturated rings. The molecular formula is C22H18F2N2O4S2. The van der Waals surface area contributed by atoms with Crippen LogP contribution in [-0.2, 0) is 17.1 Å². The van der Waals surface area contributed by atoms with Gasteiger partial charge in [-0.1, -0.05) is 0 Å². The molecule has 0 radical (unpaired) electrons. The van der Waals surface area contributed by atoms with E-state index >= 15 is 0 Å². The second-order valence-electron chi connectivity index (χ2n) is 7.02. The van der Waals surface area contributed by atoms with E-state index in [1.165, 1.54) is 41.0 Å². The van der Waals surface area contributed by atoms with Gasteiger partial charge in [-0.3, -0.25) is 9.52 Å². The quantitative estimate of drug-likeness (QED) is 0.420. The van der Waals surface area contributed by atoms with Crippen LogP contribution < -0.4 is 15.0 Å². The molecule has 0 saturated heterocycles. The van der Waals surface area contributed by atoms with Gasteiger partial charge in [0.1, 0.15) is 16.3 Å². The molecule has 0 aliphatic heterocycles. The summed E-state index contributed by atoms with van der Waals surface area (Å²) in [7, 11) is -1.94. The molecule has 166 valence electrons. The number of anilines is 1. The fourth-order valence-corrected chi connectivity index (χ4v) is 4.73. The lowest BCUT2D eigenvalue weighted by Crippen LogP contribution is -2.16. The number of aryl methyl sites for hydroxylation is 1. The van der Waals surface area contributed by atoms with Crippen LogP contribution in [0.15, 0.2) is 58.8 Å². The Labute approximate surface area is 186 Å². The Morgan fingerprint density at radius 1 is 1.06 bits per heavy atom. The van der Waals surface area contributed by atoms with Crippen LogP contribution in [0.3, 0.4) is 0 Å². The number of halogens is 2. The number of aromatic nitrogens is 1. The second-order valence-corrected chi connectivity index (χ2v) is 9.94. The zero-order valence-electron chi connectivity index (χ0n) is 17.1. The number of hydrogen-bond acceptors (Lipinski definition) is 5. The molecule has 0 saturated carbocycles. The predicted octanol–water partition coefficient (Wildman–Crippen LogP) is 5.10. The molecule has 0 spiro atoms. The molecule has 0 aliphatic carbocycles.